The van der Waals surface area contributed by atoms with E-state index < -0.39 is 0 Å². The fourth-order valence-electron chi connectivity index (χ4n) is 3.73. The largest absolute Gasteiger partial charge is 0.396 e. The van der Waals surface area contributed by atoms with Crippen LogP contribution in [-0.4, -0.2) is 42.7 Å². The highest BCUT2D eigenvalue weighted by molar-refractivity contribution is 5.84. The SMILES string of the molecule is CC(C)C(=O)C1CC(NC(=O)CCOCC2CCC(CO)CC2)C1. The molecule has 0 spiro atoms. The number of hydrogen-bond acceptors (Lipinski definition) is 4. The second-order valence-electron chi connectivity index (χ2n) is 7.88. The molecule has 0 heterocycles. The summed E-state index contributed by atoms with van der Waals surface area (Å²) in [4.78, 5) is 23.7. The lowest BCUT2D eigenvalue weighted by Gasteiger charge is -2.35. The van der Waals surface area contributed by atoms with Gasteiger partial charge in [-0.2, -0.15) is 0 Å². The maximum atomic E-state index is 11.9. The second kappa shape index (κ2) is 9.52. The standard InChI is InChI=1S/C19H33NO4/c1-13(2)19(23)16-9-17(10-16)20-18(22)7-8-24-12-15-5-3-14(11-21)4-6-15/h13-17,21H,3-12H2,1-2H3,(H,20,22). The normalized spacial score (nSPS) is 30.0. The lowest BCUT2D eigenvalue weighted by Crippen LogP contribution is -2.47. The third-order valence-corrected chi connectivity index (χ3v) is 5.53. The van der Waals surface area contributed by atoms with Crippen LogP contribution in [0.1, 0.15) is 58.8 Å². The van der Waals surface area contributed by atoms with E-state index >= 15 is 0 Å². The van der Waals surface area contributed by atoms with E-state index in [1.165, 1.54) is 0 Å². The fraction of sp³-hybridized carbons (Fsp3) is 0.895. The van der Waals surface area contributed by atoms with E-state index in [4.69, 9.17) is 9.84 Å². The Morgan fingerprint density at radius 3 is 2.33 bits per heavy atom. The minimum atomic E-state index is 0.0273. The number of hydrogen-bond donors (Lipinski definition) is 2. The lowest BCUT2D eigenvalue weighted by atomic mass is 9.75. The molecule has 5 nitrogen and oxygen atoms in total. The number of rotatable bonds is 9. The number of aliphatic hydroxyl groups excluding tert-OH is 1. The molecule has 2 fully saturated rings. The van der Waals surface area contributed by atoms with Crippen LogP contribution in [0, 0.1) is 23.7 Å². The average molecular weight is 339 g/mol. The van der Waals surface area contributed by atoms with E-state index in [-0.39, 0.29) is 23.8 Å². The molecule has 0 radical (unpaired) electrons. The number of ketones is 1. The number of Topliss-reactive ketones (excluding diaryl/α,β-unsaturated/α-hetero) is 1. The zero-order valence-corrected chi connectivity index (χ0v) is 15.1. The van der Waals surface area contributed by atoms with Crippen LogP contribution in [0.2, 0.25) is 0 Å². The van der Waals surface area contributed by atoms with Crippen molar-refractivity contribution in [3.8, 4) is 0 Å². The highest BCUT2D eigenvalue weighted by atomic mass is 16.5. The number of carbonyl (C=O) groups excluding carboxylic acids is 2. The molecule has 0 bridgehead atoms. The first kappa shape index (κ1) is 19.4. The molecule has 0 aromatic heterocycles. The average Bonchev–Trinajstić information content (AvgIpc) is 2.54. The molecule has 0 aromatic rings. The summed E-state index contributed by atoms with van der Waals surface area (Å²) in [6, 6.07) is 0.166. The molecule has 24 heavy (non-hydrogen) atoms. The van der Waals surface area contributed by atoms with Crippen molar-refractivity contribution in [1.82, 2.24) is 5.32 Å². The summed E-state index contributed by atoms with van der Waals surface area (Å²) in [5.41, 5.74) is 0. The molecule has 2 aliphatic carbocycles. The summed E-state index contributed by atoms with van der Waals surface area (Å²) in [7, 11) is 0. The van der Waals surface area contributed by atoms with Crippen molar-refractivity contribution >= 4 is 11.7 Å². The van der Waals surface area contributed by atoms with Gasteiger partial charge in [0.1, 0.15) is 5.78 Å². The van der Waals surface area contributed by atoms with Crippen LogP contribution in [0.5, 0.6) is 0 Å². The van der Waals surface area contributed by atoms with Crippen LogP contribution >= 0.6 is 0 Å². The van der Waals surface area contributed by atoms with E-state index in [1.54, 1.807) is 0 Å². The zero-order valence-electron chi connectivity index (χ0n) is 15.1. The molecule has 138 valence electrons. The Hall–Kier alpha value is -0.940. The molecule has 0 unspecified atom stereocenters. The Balaban J connectivity index is 1.48. The summed E-state index contributed by atoms with van der Waals surface area (Å²) in [6.07, 6.45) is 6.38. The predicted molar refractivity (Wildman–Crippen MR) is 92.5 cm³/mol. The van der Waals surface area contributed by atoms with Gasteiger partial charge in [-0.1, -0.05) is 13.8 Å². The van der Waals surface area contributed by atoms with E-state index in [2.05, 4.69) is 5.32 Å². The minimum absolute atomic E-state index is 0.0273. The molecule has 1 amide bonds. The van der Waals surface area contributed by atoms with Crippen LogP contribution in [0.15, 0.2) is 0 Å². The molecule has 0 atom stereocenters. The van der Waals surface area contributed by atoms with Gasteiger partial charge in [-0.3, -0.25) is 9.59 Å². The van der Waals surface area contributed by atoms with Gasteiger partial charge in [-0.25, -0.2) is 0 Å². The molecule has 2 aliphatic rings. The highest BCUT2D eigenvalue weighted by Crippen LogP contribution is 2.30. The number of ether oxygens (including phenoxy) is 1. The molecule has 2 rings (SSSR count). The summed E-state index contributed by atoms with van der Waals surface area (Å²) in [5.74, 6) is 1.62. The van der Waals surface area contributed by atoms with Gasteiger partial charge in [0.2, 0.25) is 5.91 Å². The van der Waals surface area contributed by atoms with Crippen LogP contribution in [0.3, 0.4) is 0 Å². The van der Waals surface area contributed by atoms with Crippen molar-refractivity contribution in [2.75, 3.05) is 19.8 Å². The lowest BCUT2D eigenvalue weighted by molar-refractivity contribution is -0.131. The molecule has 0 saturated heterocycles. The van der Waals surface area contributed by atoms with E-state index in [9.17, 15) is 9.59 Å². The van der Waals surface area contributed by atoms with Gasteiger partial charge < -0.3 is 15.2 Å². The summed E-state index contributed by atoms with van der Waals surface area (Å²) >= 11 is 0. The fourth-order valence-corrected chi connectivity index (χ4v) is 3.73. The van der Waals surface area contributed by atoms with Crippen molar-refractivity contribution in [2.45, 2.75) is 64.8 Å². The van der Waals surface area contributed by atoms with Crippen molar-refractivity contribution < 1.29 is 19.4 Å². The molecule has 5 heteroatoms. The van der Waals surface area contributed by atoms with Crippen LogP contribution < -0.4 is 5.32 Å². The molecule has 0 aromatic carbocycles. The van der Waals surface area contributed by atoms with Crippen LogP contribution in [0.25, 0.3) is 0 Å². The Bertz CT molecular complexity index is 410. The van der Waals surface area contributed by atoms with Crippen molar-refractivity contribution in [3.63, 3.8) is 0 Å². The second-order valence-corrected chi connectivity index (χ2v) is 7.88. The van der Waals surface area contributed by atoms with Gasteiger partial charge in [-0.15, -0.1) is 0 Å². The van der Waals surface area contributed by atoms with E-state index in [1.807, 2.05) is 13.8 Å². The number of carbonyl (C=O) groups is 2. The third kappa shape index (κ3) is 5.85. The smallest absolute Gasteiger partial charge is 0.222 e. The number of amides is 1. The Labute approximate surface area is 145 Å². The van der Waals surface area contributed by atoms with Gasteiger partial charge in [0, 0.05) is 37.5 Å². The quantitative estimate of drug-likeness (QED) is 0.632. The predicted octanol–water partition coefficient (Wildman–Crippen LogP) is 2.31. The Morgan fingerprint density at radius 2 is 1.75 bits per heavy atom. The molecular weight excluding hydrogens is 306 g/mol. The van der Waals surface area contributed by atoms with Gasteiger partial charge in [0.25, 0.3) is 0 Å². The van der Waals surface area contributed by atoms with Gasteiger partial charge in [-0.05, 0) is 50.4 Å². The highest BCUT2D eigenvalue weighted by Gasteiger charge is 2.35. The summed E-state index contributed by atoms with van der Waals surface area (Å²) < 4.78 is 5.66. The monoisotopic (exact) mass is 339 g/mol. The van der Waals surface area contributed by atoms with Crippen molar-refractivity contribution in [2.24, 2.45) is 23.7 Å². The molecule has 2 saturated carbocycles. The maximum absolute atomic E-state index is 11.9. The molecule has 2 N–H and O–H groups in total. The van der Waals surface area contributed by atoms with Gasteiger partial charge >= 0.3 is 0 Å². The van der Waals surface area contributed by atoms with Gasteiger partial charge in [0.15, 0.2) is 0 Å². The zero-order chi connectivity index (χ0) is 17.5. The van der Waals surface area contributed by atoms with Crippen molar-refractivity contribution in [3.05, 3.63) is 0 Å². The van der Waals surface area contributed by atoms with Crippen LogP contribution in [0.4, 0.5) is 0 Å². The molecule has 0 aliphatic heterocycles. The number of nitrogens with one attached hydrogen (secondary N) is 1. The van der Waals surface area contributed by atoms with Crippen LogP contribution in [-0.2, 0) is 14.3 Å². The number of aliphatic hydroxyl groups is 1. The van der Waals surface area contributed by atoms with E-state index in [0.29, 0.717) is 37.3 Å². The summed E-state index contributed by atoms with van der Waals surface area (Å²) in [5, 5.41) is 12.1. The Kier molecular flexibility index (Phi) is 7.69. The first-order valence-electron chi connectivity index (χ1n) is 9.51. The molecular formula is C19H33NO4. The Morgan fingerprint density at radius 1 is 1.12 bits per heavy atom. The third-order valence-electron chi connectivity index (χ3n) is 5.53. The first-order chi connectivity index (χ1) is 11.5. The minimum Gasteiger partial charge on any atom is -0.396 e. The first-order valence-corrected chi connectivity index (χ1v) is 9.51. The summed E-state index contributed by atoms with van der Waals surface area (Å²) in [6.45, 7) is 5.36. The van der Waals surface area contributed by atoms with E-state index in [0.717, 1.165) is 45.1 Å². The van der Waals surface area contributed by atoms with Gasteiger partial charge in [0.05, 0.1) is 6.61 Å². The van der Waals surface area contributed by atoms with Crippen molar-refractivity contribution in [1.29, 1.82) is 0 Å². The maximum Gasteiger partial charge on any atom is 0.222 e. The topological polar surface area (TPSA) is 75.6 Å².